The number of amides is 1. The predicted octanol–water partition coefficient (Wildman–Crippen LogP) is 0.838. The minimum atomic E-state index is -0.980. The Balaban J connectivity index is 2.25. The third-order valence-electron chi connectivity index (χ3n) is 2.93. The van der Waals surface area contributed by atoms with Crippen LogP contribution in [0.15, 0.2) is 12.2 Å². The molecule has 2 N–H and O–H groups in total. The van der Waals surface area contributed by atoms with Crippen molar-refractivity contribution in [3.8, 4) is 0 Å². The summed E-state index contributed by atoms with van der Waals surface area (Å²) in [5.74, 6) is -0.980. The molecule has 0 aromatic carbocycles. The lowest BCUT2D eigenvalue weighted by atomic mass is 10.1. The Bertz CT molecular complexity index is 322. The molecule has 0 spiro atoms. The number of likely N-dealkylation sites (tertiary alicyclic amines) is 1. The number of piperidine rings is 1. The molecule has 0 radical (unpaired) electrons. The number of carboxylic acid groups (broad SMARTS) is 1. The fraction of sp³-hybridized carbons (Fsp3) is 0.667. The molecule has 1 aliphatic heterocycles. The molecule has 0 atom stereocenters. The molecule has 6 heteroatoms. The minimum Gasteiger partial charge on any atom is -0.478 e. The highest BCUT2D eigenvalue weighted by Gasteiger charge is 2.23. The van der Waals surface area contributed by atoms with Gasteiger partial charge in [0.05, 0.1) is 6.61 Å². The van der Waals surface area contributed by atoms with Gasteiger partial charge in [-0.3, -0.25) is 0 Å². The van der Waals surface area contributed by atoms with Crippen molar-refractivity contribution in [2.45, 2.75) is 25.8 Å². The van der Waals surface area contributed by atoms with Crippen molar-refractivity contribution >= 4 is 12.1 Å². The topological polar surface area (TPSA) is 78.9 Å². The second-order valence-corrected chi connectivity index (χ2v) is 4.25. The van der Waals surface area contributed by atoms with Crippen LogP contribution in [-0.2, 0) is 9.53 Å². The molecule has 0 saturated carbocycles. The maximum absolute atomic E-state index is 11.5. The van der Waals surface area contributed by atoms with Gasteiger partial charge in [0.1, 0.15) is 0 Å². The van der Waals surface area contributed by atoms with Crippen molar-refractivity contribution < 1.29 is 19.4 Å². The summed E-state index contributed by atoms with van der Waals surface area (Å²) >= 11 is 0. The molecule has 1 amide bonds. The monoisotopic (exact) mass is 256 g/mol. The fourth-order valence-corrected chi connectivity index (χ4v) is 1.82. The summed E-state index contributed by atoms with van der Waals surface area (Å²) in [5, 5.41) is 11.8. The maximum atomic E-state index is 11.5. The van der Waals surface area contributed by atoms with Crippen LogP contribution >= 0.6 is 0 Å². The van der Waals surface area contributed by atoms with Gasteiger partial charge < -0.3 is 20.1 Å². The number of rotatable bonds is 5. The van der Waals surface area contributed by atoms with Crippen LogP contribution in [0.1, 0.15) is 19.8 Å². The minimum absolute atomic E-state index is 0.155. The summed E-state index contributed by atoms with van der Waals surface area (Å²) in [6.07, 6.45) is 1.32. The normalized spacial score (nSPS) is 16.4. The number of aliphatic carboxylic acids is 1. The average Bonchev–Trinajstić information content (AvgIpc) is 2.36. The number of nitrogens with one attached hydrogen (secondary N) is 1. The zero-order chi connectivity index (χ0) is 13.5. The highest BCUT2D eigenvalue weighted by atomic mass is 16.6. The molecule has 1 heterocycles. The van der Waals surface area contributed by atoms with Crippen molar-refractivity contribution in [3.05, 3.63) is 12.2 Å². The first kappa shape index (κ1) is 14.5. The van der Waals surface area contributed by atoms with Crippen molar-refractivity contribution in [3.63, 3.8) is 0 Å². The van der Waals surface area contributed by atoms with Crippen molar-refractivity contribution in [1.29, 1.82) is 0 Å². The lowest BCUT2D eigenvalue weighted by Gasteiger charge is -2.31. The lowest BCUT2D eigenvalue weighted by Crippen LogP contribution is -2.45. The van der Waals surface area contributed by atoms with Crippen LogP contribution in [0.5, 0.6) is 0 Å². The molecule has 0 aromatic heterocycles. The Morgan fingerprint density at radius 1 is 1.44 bits per heavy atom. The molecule has 0 aromatic rings. The van der Waals surface area contributed by atoms with Gasteiger partial charge in [-0.2, -0.15) is 0 Å². The van der Waals surface area contributed by atoms with Gasteiger partial charge in [0.15, 0.2) is 0 Å². The molecule has 18 heavy (non-hydrogen) atoms. The Labute approximate surface area is 107 Å². The Morgan fingerprint density at radius 3 is 2.56 bits per heavy atom. The van der Waals surface area contributed by atoms with E-state index in [0.717, 1.165) is 12.8 Å². The van der Waals surface area contributed by atoms with E-state index in [9.17, 15) is 9.59 Å². The van der Waals surface area contributed by atoms with Crippen molar-refractivity contribution in [2.75, 3.05) is 26.2 Å². The van der Waals surface area contributed by atoms with Crippen LogP contribution in [0.25, 0.3) is 0 Å². The Kier molecular flexibility index (Phi) is 5.64. The van der Waals surface area contributed by atoms with Crippen LogP contribution in [0, 0.1) is 0 Å². The molecule has 102 valence electrons. The standard InChI is InChI=1S/C12H20N2O4/c1-3-18-12(17)14-6-4-10(5-7-14)13-8-9(2)11(15)16/h10,13H,2-8H2,1H3,(H,15,16). The highest BCUT2D eigenvalue weighted by Crippen LogP contribution is 2.11. The van der Waals surface area contributed by atoms with Gasteiger partial charge in [0.2, 0.25) is 0 Å². The second kappa shape index (κ2) is 7.00. The van der Waals surface area contributed by atoms with E-state index in [0.29, 0.717) is 19.7 Å². The van der Waals surface area contributed by atoms with Gasteiger partial charge in [0.25, 0.3) is 0 Å². The first-order valence-electron chi connectivity index (χ1n) is 6.10. The van der Waals surface area contributed by atoms with E-state index in [1.54, 1.807) is 11.8 Å². The van der Waals surface area contributed by atoms with Gasteiger partial charge in [-0.25, -0.2) is 9.59 Å². The number of carbonyl (C=O) groups is 2. The van der Waals surface area contributed by atoms with Gasteiger partial charge in [-0.15, -0.1) is 0 Å². The molecular weight excluding hydrogens is 236 g/mol. The number of hydrogen-bond donors (Lipinski definition) is 2. The third kappa shape index (κ3) is 4.37. The molecule has 1 aliphatic rings. The SMILES string of the molecule is C=C(CNC1CCN(C(=O)OCC)CC1)C(=O)O. The molecule has 1 rings (SSSR count). The summed E-state index contributed by atoms with van der Waals surface area (Å²) in [7, 11) is 0. The first-order valence-corrected chi connectivity index (χ1v) is 6.10. The van der Waals surface area contributed by atoms with Gasteiger partial charge in [-0.05, 0) is 19.8 Å². The van der Waals surface area contributed by atoms with Gasteiger partial charge >= 0.3 is 12.1 Å². The summed E-state index contributed by atoms with van der Waals surface area (Å²) < 4.78 is 4.92. The van der Waals surface area contributed by atoms with Crippen LogP contribution in [0.2, 0.25) is 0 Å². The number of hydrogen-bond acceptors (Lipinski definition) is 4. The van der Waals surface area contributed by atoms with E-state index in [-0.39, 0.29) is 24.3 Å². The molecule has 6 nitrogen and oxygen atoms in total. The Morgan fingerprint density at radius 2 is 2.06 bits per heavy atom. The predicted molar refractivity (Wildman–Crippen MR) is 66.4 cm³/mol. The highest BCUT2D eigenvalue weighted by molar-refractivity contribution is 5.86. The Hall–Kier alpha value is -1.56. The van der Waals surface area contributed by atoms with E-state index in [2.05, 4.69) is 11.9 Å². The molecular formula is C12H20N2O4. The van der Waals surface area contributed by atoms with Gasteiger partial charge in [0, 0.05) is 31.2 Å². The van der Waals surface area contributed by atoms with E-state index in [1.807, 2.05) is 0 Å². The smallest absolute Gasteiger partial charge is 0.409 e. The maximum Gasteiger partial charge on any atom is 0.409 e. The molecule has 0 unspecified atom stereocenters. The first-order chi connectivity index (χ1) is 8.54. The number of carbonyl (C=O) groups excluding carboxylic acids is 1. The van der Waals surface area contributed by atoms with Crippen LogP contribution in [0.3, 0.4) is 0 Å². The zero-order valence-electron chi connectivity index (χ0n) is 10.6. The number of carboxylic acids is 1. The number of nitrogens with zero attached hydrogens (tertiary/aromatic N) is 1. The summed E-state index contributed by atoms with van der Waals surface area (Å²) in [4.78, 5) is 23.7. The van der Waals surface area contributed by atoms with Crippen molar-refractivity contribution in [1.82, 2.24) is 10.2 Å². The van der Waals surface area contributed by atoms with E-state index < -0.39 is 5.97 Å². The molecule has 1 saturated heterocycles. The largest absolute Gasteiger partial charge is 0.478 e. The molecule has 0 aliphatic carbocycles. The summed E-state index contributed by atoms with van der Waals surface area (Å²) in [5.41, 5.74) is 0.155. The molecule has 1 fully saturated rings. The van der Waals surface area contributed by atoms with E-state index >= 15 is 0 Å². The lowest BCUT2D eigenvalue weighted by molar-refractivity contribution is -0.132. The van der Waals surface area contributed by atoms with Gasteiger partial charge in [-0.1, -0.05) is 6.58 Å². The molecule has 0 bridgehead atoms. The second-order valence-electron chi connectivity index (χ2n) is 4.25. The average molecular weight is 256 g/mol. The van der Waals surface area contributed by atoms with Crippen LogP contribution in [-0.4, -0.2) is 54.4 Å². The van der Waals surface area contributed by atoms with E-state index in [4.69, 9.17) is 9.84 Å². The fourth-order valence-electron chi connectivity index (χ4n) is 1.82. The zero-order valence-corrected chi connectivity index (χ0v) is 10.6. The van der Waals surface area contributed by atoms with E-state index in [1.165, 1.54) is 0 Å². The quantitative estimate of drug-likeness (QED) is 0.712. The summed E-state index contributed by atoms with van der Waals surface area (Å²) in [6.45, 7) is 7.17. The van der Waals surface area contributed by atoms with Crippen LogP contribution in [0.4, 0.5) is 4.79 Å². The van der Waals surface area contributed by atoms with Crippen molar-refractivity contribution in [2.24, 2.45) is 0 Å². The number of ether oxygens (including phenoxy) is 1. The third-order valence-corrected chi connectivity index (χ3v) is 2.93. The summed E-state index contributed by atoms with van der Waals surface area (Å²) in [6, 6.07) is 0.228. The van der Waals surface area contributed by atoms with Crippen LogP contribution < -0.4 is 5.32 Å².